The van der Waals surface area contributed by atoms with Crippen molar-refractivity contribution in [1.29, 1.82) is 0 Å². The van der Waals surface area contributed by atoms with Gasteiger partial charge in [-0.1, -0.05) is 37.8 Å². The number of carbonyl (C=O) groups is 2. The minimum Gasteiger partial charge on any atom is -0.341 e. The molecule has 0 aromatic carbocycles. The number of ketones is 1. The topological polar surface area (TPSA) is 39.1 Å². The summed E-state index contributed by atoms with van der Waals surface area (Å²) in [6, 6.07) is 3.69. The van der Waals surface area contributed by atoms with Crippen molar-refractivity contribution in [3.8, 4) is 0 Å². The maximum atomic E-state index is 12.6. The molecule has 3 nitrogen and oxygen atoms in total. The molecule has 0 fully saturated rings. The van der Waals surface area contributed by atoms with Crippen LogP contribution in [0.2, 0.25) is 0 Å². The van der Waals surface area contributed by atoms with Crippen molar-refractivity contribution in [3.05, 3.63) is 60.0 Å². The lowest BCUT2D eigenvalue weighted by Crippen LogP contribution is -2.09. The molecule has 0 spiro atoms. The Bertz CT molecular complexity index is 590. The van der Waals surface area contributed by atoms with Crippen molar-refractivity contribution >= 4 is 12.1 Å². The average Bonchev–Trinajstić information content (AvgIpc) is 3.03. The molecule has 0 radical (unpaired) electrons. The van der Waals surface area contributed by atoms with Crippen LogP contribution >= 0.6 is 0 Å². The predicted octanol–water partition coefficient (Wildman–Crippen LogP) is 3.44. The van der Waals surface area contributed by atoms with E-state index in [0.29, 0.717) is 11.3 Å². The van der Waals surface area contributed by atoms with Crippen LogP contribution in [0, 0.1) is 0 Å². The first-order valence-corrected chi connectivity index (χ1v) is 6.91. The monoisotopic (exact) mass is 269 g/mol. The molecule has 104 valence electrons. The van der Waals surface area contributed by atoms with Gasteiger partial charge in [-0.15, -0.1) is 0 Å². The minimum absolute atomic E-state index is 0.0209. The number of hydrogen-bond acceptors (Lipinski definition) is 2. The van der Waals surface area contributed by atoms with Gasteiger partial charge in [0.1, 0.15) is 6.29 Å². The maximum absolute atomic E-state index is 12.6. The van der Waals surface area contributed by atoms with Gasteiger partial charge in [-0.3, -0.25) is 4.79 Å². The number of aldehydes is 1. The van der Waals surface area contributed by atoms with Gasteiger partial charge >= 0.3 is 0 Å². The number of fused-ring (bicyclic) bond motifs is 1. The van der Waals surface area contributed by atoms with Gasteiger partial charge in [0.2, 0.25) is 5.78 Å². The summed E-state index contributed by atoms with van der Waals surface area (Å²) in [6.45, 7) is 6.41. The fourth-order valence-electron chi connectivity index (χ4n) is 2.54. The third kappa shape index (κ3) is 2.57. The van der Waals surface area contributed by atoms with Crippen molar-refractivity contribution in [2.75, 3.05) is 0 Å². The summed E-state index contributed by atoms with van der Waals surface area (Å²) in [5.41, 5.74) is 2.22. The number of nitrogens with zero attached hydrogens (tertiary/aromatic N) is 1. The first-order valence-electron chi connectivity index (χ1n) is 6.91. The van der Waals surface area contributed by atoms with Gasteiger partial charge in [-0.2, -0.15) is 0 Å². The highest BCUT2D eigenvalue weighted by molar-refractivity contribution is 6.10. The highest BCUT2D eigenvalue weighted by atomic mass is 16.1. The summed E-state index contributed by atoms with van der Waals surface area (Å²) in [5, 5.41) is 0. The number of allylic oxidation sites excluding steroid dienone is 5. The molecule has 2 heterocycles. The van der Waals surface area contributed by atoms with Gasteiger partial charge in [-0.05, 0) is 25.0 Å². The molecule has 0 saturated carbocycles. The molecule has 1 unspecified atom stereocenters. The predicted molar refractivity (Wildman–Crippen MR) is 79.9 cm³/mol. The normalized spacial score (nSPS) is 18.2. The van der Waals surface area contributed by atoms with Gasteiger partial charge in [0.15, 0.2) is 0 Å². The van der Waals surface area contributed by atoms with E-state index in [-0.39, 0.29) is 11.7 Å². The van der Waals surface area contributed by atoms with Crippen LogP contribution in [0.4, 0.5) is 0 Å². The van der Waals surface area contributed by atoms with Gasteiger partial charge in [0.25, 0.3) is 0 Å². The largest absolute Gasteiger partial charge is 0.341 e. The summed E-state index contributed by atoms with van der Waals surface area (Å²) in [5.74, 6) is -0.0954. The zero-order valence-electron chi connectivity index (χ0n) is 11.7. The van der Waals surface area contributed by atoms with E-state index in [1.807, 2.05) is 35.8 Å². The fraction of sp³-hybridized carbons (Fsp3) is 0.294. The average molecular weight is 269 g/mol. The lowest BCUT2D eigenvalue weighted by molar-refractivity contribution is -0.109. The van der Waals surface area contributed by atoms with E-state index < -0.39 is 0 Å². The zero-order chi connectivity index (χ0) is 14.5. The van der Waals surface area contributed by atoms with Crippen LogP contribution in [0.25, 0.3) is 0 Å². The number of hydrogen-bond donors (Lipinski definition) is 0. The van der Waals surface area contributed by atoms with Crippen LogP contribution in [0.15, 0.2) is 48.6 Å². The molecule has 1 aliphatic rings. The molecule has 20 heavy (non-hydrogen) atoms. The Morgan fingerprint density at radius 2 is 2.30 bits per heavy atom. The van der Waals surface area contributed by atoms with Crippen LogP contribution in [-0.2, 0) is 11.3 Å². The van der Waals surface area contributed by atoms with E-state index >= 15 is 0 Å². The van der Waals surface area contributed by atoms with Crippen LogP contribution < -0.4 is 0 Å². The second-order valence-electron chi connectivity index (χ2n) is 4.82. The SMILES string of the molecule is C=C/C=C(\C=C/CC)C(=O)c1ccc2n1CCC2C=O. The van der Waals surface area contributed by atoms with Crippen molar-refractivity contribution < 1.29 is 9.59 Å². The minimum atomic E-state index is -0.0745. The first-order chi connectivity index (χ1) is 9.72. The van der Waals surface area contributed by atoms with Crippen LogP contribution in [0.5, 0.6) is 0 Å². The highest BCUT2D eigenvalue weighted by Gasteiger charge is 2.26. The van der Waals surface area contributed by atoms with E-state index in [2.05, 4.69) is 6.58 Å². The van der Waals surface area contributed by atoms with Crippen LogP contribution in [0.1, 0.15) is 41.9 Å². The molecule has 0 amide bonds. The molecule has 0 bridgehead atoms. The van der Waals surface area contributed by atoms with Gasteiger partial charge in [-0.25, -0.2) is 0 Å². The summed E-state index contributed by atoms with van der Waals surface area (Å²) in [6.07, 6.45) is 9.75. The molecular weight excluding hydrogens is 250 g/mol. The van der Waals surface area contributed by atoms with Gasteiger partial charge in [0.05, 0.1) is 11.6 Å². The third-order valence-corrected chi connectivity index (χ3v) is 3.55. The van der Waals surface area contributed by atoms with Crippen LogP contribution in [-0.4, -0.2) is 16.6 Å². The molecule has 2 rings (SSSR count). The molecule has 1 aromatic heterocycles. The Labute approximate surface area is 119 Å². The quantitative estimate of drug-likeness (QED) is 0.343. The van der Waals surface area contributed by atoms with Gasteiger partial charge < -0.3 is 9.36 Å². The molecular formula is C17H19NO2. The smallest absolute Gasteiger partial charge is 0.209 e. The number of aromatic nitrogens is 1. The van der Waals surface area contributed by atoms with Crippen molar-refractivity contribution in [3.63, 3.8) is 0 Å². The number of Topliss-reactive ketones (excluding diaryl/α,β-unsaturated/α-hetero) is 1. The Hall–Kier alpha value is -2.16. The second kappa shape index (κ2) is 6.33. The lowest BCUT2D eigenvalue weighted by Gasteiger charge is -2.06. The highest BCUT2D eigenvalue weighted by Crippen LogP contribution is 2.29. The summed E-state index contributed by atoms with van der Waals surface area (Å²) in [7, 11) is 0. The van der Waals surface area contributed by atoms with E-state index in [1.54, 1.807) is 12.2 Å². The Kier molecular flexibility index (Phi) is 4.51. The molecule has 1 aromatic rings. The Balaban J connectivity index is 2.34. The van der Waals surface area contributed by atoms with Crippen LogP contribution in [0.3, 0.4) is 0 Å². The van der Waals surface area contributed by atoms with Gasteiger partial charge in [0, 0.05) is 17.8 Å². The van der Waals surface area contributed by atoms with Crippen molar-refractivity contribution in [2.24, 2.45) is 0 Å². The molecule has 1 atom stereocenters. The fourth-order valence-corrected chi connectivity index (χ4v) is 2.54. The summed E-state index contributed by atoms with van der Waals surface area (Å²) >= 11 is 0. The van der Waals surface area contributed by atoms with E-state index in [9.17, 15) is 9.59 Å². The first kappa shape index (κ1) is 14.3. The molecule has 1 aliphatic heterocycles. The van der Waals surface area contributed by atoms with Crippen molar-refractivity contribution in [1.82, 2.24) is 4.57 Å². The summed E-state index contributed by atoms with van der Waals surface area (Å²) in [4.78, 5) is 23.6. The second-order valence-corrected chi connectivity index (χ2v) is 4.82. The molecule has 3 heteroatoms. The molecule has 0 saturated heterocycles. The summed E-state index contributed by atoms with van der Waals surface area (Å²) < 4.78 is 1.96. The van der Waals surface area contributed by atoms with Crippen molar-refractivity contribution in [2.45, 2.75) is 32.2 Å². The van der Waals surface area contributed by atoms with E-state index in [4.69, 9.17) is 0 Å². The maximum Gasteiger partial charge on any atom is 0.209 e. The Morgan fingerprint density at radius 1 is 1.50 bits per heavy atom. The molecule has 0 N–H and O–H groups in total. The lowest BCUT2D eigenvalue weighted by atomic mass is 10.1. The Morgan fingerprint density at radius 3 is 2.95 bits per heavy atom. The molecule has 0 aliphatic carbocycles. The zero-order valence-corrected chi connectivity index (χ0v) is 11.7. The van der Waals surface area contributed by atoms with E-state index in [1.165, 1.54) is 0 Å². The standard InChI is InChI=1S/C17H19NO2/c1-3-5-7-13(6-4-2)17(20)16-9-8-15-14(12-19)10-11-18(15)16/h4-9,12,14H,2-3,10-11H2,1H3/b7-5-,13-6+. The third-order valence-electron chi connectivity index (χ3n) is 3.55. The van der Waals surface area contributed by atoms with E-state index in [0.717, 1.165) is 31.4 Å². The number of rotatable bonds is 6. The number of carbonyl (C=O) groups excluding carboxylic acids is 2.